The van der Waals surface area contributed by atoms with E-state index in [4.69, 9.17) is 23.2 Å². The van der Waals surface area contributed by atoms with Gasteiger partial charge in [0.15, 0.2) is 5.82 Å². The average molecular weight is 446 g/mol. The Hall–Kier alpha value is -2.84. The highest BCUT2D eigenvalue weighted by Crippen LogP contribution is 2.27. The lowest BCUT2D eigenvalue weighted by molar-refractivity contribution is 0.0718. The van der Waals surface area contributed by atoms with E-state index >= 15 is 0 Å². The highest BCUT2D eigenvalue weighted by Gasteiger charge is 2.25. The summed E-state index contributed by atoms with van der Waals surface area (Å²) < 4.78 is 0. The van der Waals surface area contributed by atoms with Gasteiger partial charge in [0, 0.05) is 37.1 Å². The van der Waals surface area contributed by atoms with Gasteiger partial charge in [0.2, 0.25) is 5.95 Å². The van der Waals surface area contributed by atoms with Crippen LogP contribution in [-0.2, 0) is 0 Å². The minimum absolute atomic E-state index is 0.0994. The Morgan fingerprint density at radius 2 is 2.00 bits per heavy atom. The third-order valence-electron chi connectivity index (χ3n) is 4.92. The topological polar surface area (TPSA) is 98.8 Å². The Labute approximate surface area is 184 Å². The molecular formula is C20H21Cl2N7O. The molecule has 0 radical (unpaired) electrons. The van der Waals surface area contributed by atoms with Crippen molar-refractivity contribution in [2.75, 3.05) is 23.7 Å². The standard InChI is InChI=1S/C20H21Cl2N7O/c1-12-11-17(28-27-12)25-16-5-8-23-20(26-16)24-13-6-9-29(10-7-13)19(30)14-3-2-4-15(21)18(14)22/h2-5,8,11,13H,6-7,9-10H2,1H3,(H3,23,24,25,26,27,28). The number of anilines is 3. The maximum atomic E-state index is 12.8. The highest BCUT2D eigenvalue weighted by atomic mass is 35.5. The first-order chi connectivity index (χ1) is 14.5. The van der Waals surface area contributed by atoms with E-state index in [0.29, 0.717) is 46.3 Å². The van der Waals surface area contributed by atoms with Crippen LogP contribution in [-0.4, -0.2) is 50.1 Å². The normalized spacial score (nSPS) is 14.6. The SMILES string of the molecule is Cc1cc(Nc2ccnc(NC3CCN(C(=O)c4cccc(Cl)c4Cl)CC3)n2)n[nH]1. The van der Waals surface area contributed by atoms with Crippen molar-refractivity contribution in [3.8, 4) is 0 Å². The third kappa shape index (κ3) is 4.66. The molecule has 1 aromatic carbocycles. The van der Waals surface area contributed by atoms with Crippen molar-refractivity contribution in [2.45, 2.75) is 25.8 Å². The van der Waals surface area contributed by atoms with Crippen molar-refractivity contribution in [3.63, 3.8) is 0 Å². The van der Waals surface area contributed by atoms with Crippen LogP contribution in [0.25, 0.3) is 0 Å². The lowest BCUT2D eigenvalue weighted by atomic mass is 10.0. The Kier molecular flexibility index (Phi) is 6.06. The summed E-state index contributed by atoms with van der Waals surface area (Å²) >= 11 is 12.2. The zero-order valence-corrected chi connectivity index (χ0v) is 17.8. The molecule has 8 nitrogen and oxygen atoms in total. The largest absolute Gasteiger partial charge is 0.351 e. The van der Waals surface area contributed by atoms with Gasteiger partial charge in [-0.3, -0.25) is 9.89 Å². The molecule has 156 valence electrons. The van der Waals surface area contributed by atoms with Crippen LogP contribution in [0.1, 0.15) is 28.9 Å². The van der Waals surface area contributed by atoms with Gasteiger partial charge in [-0.2, -0.15) is 10.1 Å². The Bertz CT molecular complexity index is 1050. The molecule has 30 heavy (non-hydrogen) atoms. The minimum atomic E-state index is -0.0994. The number of aryl methyl sites for hydroxylation is 1. The maximum Gasteiger partial charge on any atom is 0.255 e. The van der Waals surface area contributed by atoms with Crippen LogP contribution in [0.3, 0.4) is 0 Å². The molecule has 3 heterocycles. The molecule has 3 aromatic rings. The molecule has 1 aliphatic heterocycles. The monoisotopic (exact) mass is 445 g/mol. The number of nitrogens with zero attached hydrogens (tertiary/aromatic N) is 4. The van der Waals surface area contributed by atoms with Gasteiger partial charge in [0.05, 0.1) is 15.6 Å². The molecule has 10 heteroatoms. The quantitative estimate of drug-likeness (QED) is 0.541. The number of H-pyrrole nitrogens is 1. The molecular weight excluding hydrogens is 425 g/mol. The molecule has 0 saturated carbocycles. The fraction of sp³-hybridized carbons (Fsp3) is 0.300. The molecule has 0 bridgehead atoms. The van der Waals surface area contributed by atoms with E-state index < -0.39 is 0 Å². The van der Waals surface area contributed by atoms with E-state index in [2.05, 4.69) is 30.8 Å². The predicted octanol–water partition coefficient (Wildman–Crippen LogP) is 4.28. The second-order valence-electron chi connectivity index (χ2n) is 7.14. The number of benzene rings is 1. The predicted molar refractivity (Wildman–Crippen MR) is 118 cm³/mol. The first-order valence-electron chi connectivity index (χ1n) is 9.61. The molecule has 4 rings (SSSR count). The average Bonchev–Trinajstić information content (AvgIpc) is 3.15. The second-order valence-corrected chi connectivity index (χ2v) is 7.92. The Morgan fingerprint density at radius 1 is 1.20 bits per heavy atom. The number of nitrogens with one attached hydrogen (secondary N) is 3. The van der Waals surface area contributed by atoms with Gasteiger partial charge >= 0.3 is 0 Å². The van der Waals surface area contributed by atoms with Crippen LogP contribution in [0.5, 0.6) is 0 Å². The number of hydrogen-bond acceptors (Lipinski definition) is 6. The van der Waals surface area contributed by atoms with E-state index in [1.807, 2.05) is 13.0 Å². The van der Waals surface area contributed by atoms with E-state index in [1.165, 1.54) is 0 Å². The van der Waals surface area contributed by atoms with Gasteiger partial charge in [-0.15, -0.1) is 0 Å². The summed E-state index contributed by atoms with van der Waals surface area (Å²) in [6.45, 7) is 3.16. The number of piperidine rings is 1. The summed E-state index contributed by atoms with van der Waals surface area (Å²) in [5.41, 5.74) is 1.40. The molecule has 0 spiro atoms. The minimum Gasteiger partial charge on any atom is -0.351 e. The van der Waals surface area contributed by atoms with Crippen LogP contribution in [0.2, 0.25) is 10.0 Å². The number of hydrogen-bond donors (Lipinski definition) is 3. The highest BCUT2D eigenvalue weighted by molar-refractivity contribution is 6.43. The Morgan fingerprint density at radius 3 is 2.73 bits per heavy atom. The summed E-state index contributed by atoms with van der Waals surface area (Å²) in [5.74, 6) is 1.79. The number of aromatic nitrogens is 4. The zero-order chi connectivity index (χ0) is 21.1. The van der Waals surface area contributed by atoms with E-state index in [1.54, 1.807) is 35.4 Å². The number of aromatic amines is 1. The smallest absolute Gasteiger partial charge is 0.255 e. The van der Waals surface area contributed by atoms with Crippen molar-refractivity contribution in [1.82, 2.24) is 25.1 Å². The van der Waals surface area contributed by atoms with Crippen molar-refractivity contribution < 1.29 is 4.79 Å². The van der Waals surface area contributed by atoms with Crippen molar-refractivity contribution >= 4 is 46.7 Å². The summed E-state index contributed by atoms with van der Waals surface area (Å²) in [5, 5.41) is 14.2. The van der Waals surface area contributed by atoms with E-state index in [0.717, 1.165) is 18.5 Å². The molecule has 1 amide bonds. The summed E-state index contributed by atoms with van der Waals surface area (Å²) in [7, 11) is 0. The number of halogens is 2. The van der Waals surface area contributed by atoms with Crippen LogP contribution in [0.15, 0.2) is 36.5 Å². The van der Waals surface area contributed by atoms with Gasteiger partial charge in [0.1, 0.15) is 5.82 Å². The van der Waals surface area contributed by atoms with Gasteiger partial charge in [-0.1, -0.05) is 29.3 Å². The molecule has 0 aliphatic carbocycles. The van der Waals surface area contributed by atoms with Crippen molar-refractivity contribution in [3.05, 3.63) is 57.8 Å². The molecule has 0 unspecified atom stereocenters. The van der Waals surface area contributed by atoms with E-state index in [-0.39, 0.29) is 11.9 Å². The number of carbonyl (C=O) groups is 1. The number of rotatable bonds is 5. The zero-order valence-electron chi connectivity index (χ0n) is 16.3. The van der Waals surface area contributed by atoms with Gasteiger partial charge in [0.25, 0.3) is 5.91 Å². The lowest BCUT2D eigenvalue weighted by Gasteiger charge is -2.32. The Balaban J connectivity index is 1.34. The second kappa shape index (κ2) is 8.89. The molecule has 0 atom stereocenters. The van der Waals surface area contributed by atoms with Gasteiger partial charge in [-0.25, -0.2) is 4.98 Å². The van der Waals surface area contributed by atoms with Gasteiger partial charge in [-0.05, 0) is 38.0 Å². The summed E-state index contributed by atoms with van der Waals surface area (Å²) in [4.78, 5) is 23.4. The van der Waals surface area contributed by atoms with Crippen molar-refractivity contribution in [2.24, 2.45) is 0 Å². The first kappa shape index (κ1) is 20.4. The third-order valence-corrected chi connectivity index (χ3v) is 5.73. The number of likely N-dealkylation sites (tertiary alicyclic amines) is 1. The molecule has 1 saturated heterocycles. The van der Waals surface area contributed by atoms with Crippen LogP contribution < -0.4 is 10.6 Å². The van der Waals surface area contributed by atoms with Crippen LogP contribution in [0.4, 0.5) is 17.6 Å². The summed E-state index contributed by atoms with van der Waals surface area (Å²) in [6.07, 6.45) is 3.25. The van der Waals surface area contributed by atoms with Gasteiger partial charge < -0.3 is 15.5 Å². The fourth-order valence-corrected chi connectivity index (χ4v) is 3.74. The van der Waals surface area contributed by atoms with E-state index in [9.17, 15) is 4.79 Å². The van der Waals surface area contributed by atoms with Crippen LogP contribution >= 0.6 is 23.2 Å². The first-order valence-corrected chi connectivity index (χ1v) is 10.4. The molecule has 1 fully saturated rings. The molecule has 3 N–H and O–H groups in total. The van der Waals surface area contributed by atoms with Crippen molar-refractivity contribution in [1.29, 1.82) is 0 Å². The fourth-order valence-electron chi connectivity index (χ4n) is 3.36. The number of carbonyl (C=O) groups excluding carboxylic acids is 1. The molecule has 1 aliphatic rings. The van der Waals surface area contributed by atoms with Crippen LogP contribution in [0, 0.1) is 6.92 Å². The molecule has 2 aromatic heterocycles. The lowest BCUT2D eigenvalue weighted by Crippen LogP contribution is -2.42. The summed E-state index contributed by atoms with van der Waals surface area (Å²) in [6, 6.07) is 8.96. The number of amides is 1. The maximum absolute atomic E-state index is 12.8.